The van der Waals surface area contributed by atoms with Crippen LogP contribution in [0.2, 0.25) is 0 Å². The van der Waals surface area contributed by atoms with Crippen molar-refractivity contribution in [1.29, 1.82) is 5.26 Å². The number of halogens is 1. The molecule has 2 heterocycles. The van der Waals surface area contributed by atoms with Crippen molar-refractivity contribution in [2.24, 2.45) is 5.92 Å². The van der Waals surface area contributed by atoms with Gasteiger partial charge in [0.15, 0.2) is 0 Å². The van der Waals surface area contributed by atoms with Crippen LogP contribution in [0.4, 0.5) is 4.39 Å². The molecule has 1 aromatic carbocycles. The molecule has 3 aromatic rings. The molecule has 0 aliphatic heterocycles. The van der Waals surface area contributed by atoms with E-state index in [0.717, 1.165) is 35.7 Å². The maximum atomic E-state index is 13.6. The third-order valence-electron chi connectivity index (χ3n) is 5.56. The van der Waals surface area contributed by atoms with Gasteiger partial charge in [0.25, 0.3) is 0 Å². The van der Waals surface area contributed by atoms with Crippen molar-refractivity contribution in [3.63, 3.8) is 0 Å². The summed E-state index contributed by atoms with van der Waals surface area (Å²) < 4.78 is 15.8. The molecule has 1 aliphatic carbocycles. The Kier molecular flexibility index (Phi) is 5.06. The molecular formula is C23H23FN4O. The molecule has 2 aromatic heterocycles. The van der Waals surface area contributed by atoms with E-state index < -0.39 is 5.95 Å². The molecule has 1 amide bonds. The Morgan fingerprint density at radius 2 is 2.21 bits per heavy atom. The fourth-order valence-corrected chi connectivity index (χ4v) is 4.09. The van der Waals surface area contributed by atoms with Crippen LogP contribution >= 0.6 is 0 Å². The second-order valence-corrected chi connectivity index (χ2v) is 7.91. The average molecular weight is 390 g/mol. The number of fused-ring (bicyclic) bond motifs is 3. The Bertz CT molecular complexity index is 1130. The molecule has 29 heavy (non-hydrogen) atoms. The summed E-state index contributed by atoms with van der Waals surface area (Å²) in [5.41, 5.74) is 4.61. The lowest BCUT2D eigenvalue weighted by molar-refractivity contribution is -0.124. The molecule has 1 aliphatic rings. The van der Waals surface area contributed by atoms with Gasteiger partial charge in [-0.15, -0.1) is 0 Å². The fraction of sp³-hybridized carbons (Fsp3) is 0.348. The predicted octanol–water partition coefficient (Wildman–Crippen LogP) is 3.72. The zero-order valence-electron chi connectivity index (χ0n) is 16.6. The Morgan fingerprint density at radius 3 is 2.93 bits per heavy atom. The molecular weight excluding hydrogens is 367 g/mol. The van der Waals surface area contributed by atoms with E-state index in [4.69, 9.17) is 0 Å². The third kappa shape index (κ3) is 3.73. The number of hydrogen-bond acceptors (Lipinski definition) is 3. The quantitative estimate of drug-likeness (QED) is 0.690. The van der Waals surface area contributed by atoms with Gasteiger partial charge in [0.2, 0.25) is 11.9 Å². The van der Waals surface area contributed by atoms with Gasteiger partial charge in [-0.3, -0.25) is 4.79 Å². The van der Waals surface area contributed by atoms with Gasteiger partial charge >= 0.3 is 0 Å². The molecule has 0 bridgehead atoms. The van der Waals surface area contributed by atoms with Crippen LogP contribution in [0.15, 0.2) is 36.4 Å². The maximum absolute atomic E-state index is 13.6. The normalized spacial score (nSPS) is 15.9. The summed E-state index contributed by atoms with van der Waals surface area (Å²) in [5.74, 6) is -0.484. The molecule has 0 spiro atoms. The number of pyridine rings is 1. The summed E-state index contributed by atoms with van der Waals surface area (Å²) in [6.07, 6.45) is 2.39. The lowest BCUT2D eigenvalue weighted by Gasteiger charge is -2.26. The largest absolute Gasteiger partial charge is 0.353 e. The van der Waals surface area contributed by atoms with Crippen molar-refractivity contribution >= 4 is 16.8 Å². The van der Waals surface area contributed by atoms with Gasteiger partial charge in [-0.05, 0) is 55.2 Å². The molecule has 5 nitrogen and oxygen atoms in total. The van der Waals surface area contributed by atoms with E-state index in [1.54, 1.807) is 12.1 Å². The average Bonchev–Trinajstić information content (AvgIpc) is 3.00. The van der Waals surface area contributed by atoms with Crippen LogP contribution in [0.5, 0.6) is 0 Å². The van der Waals surface area contributed by atoms with E-state index >= 15 is 0 Å². The lowest BCUT2D eigenvalue weighted by Crippen LogP contribution is -2.41. The van der Waals surface area contributed by atoms with Crippen LogP contribution in [0.1, 0.15) is 42.8 Å². The number of amides is 1. The standard InChI is InChI=1S/C23H23FN4O/c1-14(2)23(29)27-16-7-9-21-19(11-16)18-10-15(12-25)6-8-20(18)28(21)13-17-4-3-5-22(24)26-17/h3-6,8,10,14,16H,7,9,11,13H2,1-2H3,(H,27,29). The molecule has 0 saturated heterocycles. The number of carbonyl (C=O) groups is 1. The van der Waals surface area contributed by atoms with Crippen molar-refractivity contribution < 1.29 is 9.18 Å². The summed E-state index contributed by atoms with van der Waals surface area (Å²) in [6, 6.07) is 12.8. The summed E-state index contributed by atoms with van der Waals surface area (Å²) in [5, 5.41) is 13.5. The molecule has 4 rings (SSSR count). The minimum Gasteiger partial charge on any atom is -0.353 e. The van der Waals surface area contributed by atoms with Crippen LogP contribution in [0.25, 0.3) is 10.9 Å². The molecule has 1 unspecified atom stereocenters. The van der Waals surface area contributed by atoms with Crippen LogP contribution in [0.3, 0.4) is 0 Å². The Morgan fingerprint density at radius 1 is 1.38 bits per heavy atom. The first-order chi connectivity index (χ1) is 14.0. The lowest BCUT2D eigenvalue weighted by atomic mass is 9.90. The maximum Gasteiger partial charge on any atom is 0.222 e. The molecule has 6 heteroatoms. The van der Waals surface area contributed by atoms with Gasteiger partial charge in [0.05, 0.1) is 23.9 Å². The van der Waals surface area contributed by atoms with Crippen molar-refractivity contribution in [2.45, 2.75) is 45.7 Å². The fourth-order valence-electron chi connectivity index (χ4n) is 4.09. The molecule has 1 atom stereocenters. The number of carbonyl (C=O) groups excluding carboxylic acids is 1. The van der Waals surface area contributed by atoms with E-state index in [1.165, 1.54) is 11.8 Å². The highest BCUT2D eigenvalue weighted by atomic mass is 19.1. The number of rotatable bonds is 4. The van der Waals surface area contributed by atoms with E-state index in [-0.39, 0.29) is 17.9 Å². The van der Waals surface area contributed by atoms with Gasteiger partial charge in [0.1, 0.15) is 0 Å². The van der Waals surface area contributed by atoms with E-state index in [2.05, 4.69) is 20.9 Å². The van der Waals surface area contributed by atoms with Crippen LogP contribution in [-0.2, 0) is 24.2 Å². The second kappa shape index (κ2) is 7.67. The SMILES string of the molecule is CC(C)C(=O)NC1CCc2c(c3cc(C#N)ccc3n2Cc2cccc(F)n2)C1. The number of benzene rings is 1. The number of hydrogen-bond donors (Lipinski definition) is 1. The van der Waals surface area contributed by atoms with Crippen molar-refractivity contribution in [1.82, 2.24) is 14.9 Å². The molecule has 0 radical (unpaired) electrons. The molecule has 0 saturated carbocycles. The molecule has 1 N–H and O–H groups in total. The Balaban J connectivity index is 1.76. The van der Waals surface area contributed by atoms with E-state index in [0.29, 0.717) is 17.8 Å². The summed E-state index contributed by atoms with van der Waals surface area (Å²) in [6.45, 7) is 4.25. The van der Waals surface area contributed by atoms with Gasteiger partial charge in [0, 0.05) is 28.6 Å². The first-order valence-electron chi connectivity index (χ1n) is 9.92. The Hall–Kier alpha value is -3.20. The van der Waals surface area contributed by atoms with E-state index in [1.807, 2.05) is 32.0 Å². The van der Waals surface area contributed by atoms with Gasteiger partial charge in [-0.2, -0.15) is 9.65 Å². The van der Waals surface area contributed by atoms with Gasteiger partial charge in [-0.1, -0.05) is 19.9 Å². The highest BCUT2D eigenvalue weighted by molar-refractivity contribution is 5.87. The zero-order chi connectivity index (χ0) is 20.5. The van der Waals surface area contributed by atoms with Crippen LogP contribution < -0.4 is 5.32 Å². The van der Waals surface area contributed by atoms with Crippen molar-refractivity contribution in [2.75, 3.05) is 0 Å². The summed E-state index contributed by atoms with van der Waals surface area (Å²) in [7, 11) is 0. The van der Waals surface area contributed by atoms with Gasteiger partial charge in [-0.25, -0.2) is 4.98 Å². The smallest absolute Gasteiger partial charge is 0.222 e. The third-order valence-corrected chi connectivity index (χ3v) is 5.56. The predicted molar refractivity (Wildman–Crippen MR) is 109 cm³/mol. The number of nitriles is 1. The molecule has 0 fully saturated rings. The minimum absolute atomic E-state index is 0.0537. The number of nitrogens with one attached hydrogen (secondary N) is 1. The number of nitrogens with zero attached hydrogens (tertiary/aromatic N) is 3. The Labute approximate surface area is 169 Å². The highest BCUT2D eigenvalue weighted by Gasteiger charge is 2.27. The monoisotopic (exact) mass is 390 g/mol. The highest BCUT2D eigenvalue weighted by Crippen LogP contribution is 2.33. The number of aromatic nitrogens is 2. The van der Waals surface area contributed by atoms with E-state index in [9.17, 15) is 14.4 Å². The van der Waals surface area contributed by atoms with Gasteiger partial charge < -0.3 is 9.88 Å². The van der Waals surface area contributed by atoms with Crippen LogP contribution in [0, 0.1) is 23.2 Å². The summed E-state index contributed by atoms with van der Waals surface area (Å²) >= 11 is 0. The zero-order valence-corrected chi connectivity index (χ0v) is 16.6. The topological polar surface area (TPSA) is 70.7 Å². The van der Waals surface area contributed by atoms with Crippen molar-refractivity contribution in [3.8, 4) is 6.07 Å². The van der Waals surface area contributed by atoms with Crippen LogP contribution in [-0.4, -0.2) is 21.5 Å². The second-order valence-electron chi connectivity index (χ2n) is 7.91. The molecule has 148 valence electrons. The van der Waals surface area contributed by atoms with Crippen molar-refractivity contribution in [3.05, 3.63) is 64.9 Å². The summed E-state index contributed by atoms with van der Waals surface area (Å²) in [4.78, 5) is 16.2. The first kappa shape index (κ1) is 19.1. The first-order valence-corrected chi connectivity index (χ1v) is 9.92. The minimum atomic E-state index is -0.490.